The number of benzene rings is 1. The first-order valence-corrected chi connectivity index (χ1v) is 6.47. The van der Waals surface area contributed by atoms with Crippen LogP contribution in [-0.4, -0.2) is 5.91 Å². The van der Waals surface area contributed by atoms with Crippen LogP contribution < -0.4 is 5.32 Å². The van der Waals surface area contributed by atoms with Crippen LogP contribution in [0, 0.1) is 13.8 Å². The molecule has 0 saturated heterocycles. The van der Waals surface area contributed by atoms with Crippen molar-refractivity contribution in [1.82, 2.24) is 5.32 Å². The highest BCUT2D eigenvalue weighted by Gasteiger charge is 2.06. The van der Waals surface area contributed by atoms with Crippen molar-refractivity contribution in [2.75, 3.05) is 0 Å². The van der Waals surface area contributed by atoms with Crippen LogP contribution in [-0.2, 0) is 6.54 Å². The van der Waals surface area contributed by atoms with Crippen LogP contribution in [0.1, 0.15) is 27.0 Å². The quantitative estimate of drug-likeness (QED) is 0.883. The lowest BCUT2D eigenvalue weighted by atomic mass is 10.1. The molecule has 0 aliphatic heterocycles. The molecule has 0 radical (unpaired) electrons. The van der Waals surface area contributed by atoms with E-state index in [0.29, 0.717) is 6.54 Å². The van der Waals surface area contributed by atoms with Gasteiger partial charge >= 0.3 is 0 Å². The Morgan fingerprint density at radius 2 is 2.12 bits per heavy atom. The van der Waals surface area contributed by atoms with Gasteiger partial charge in [-0.3, -0.25) is 4.79 Å². The fraction of sp³-hybridized carbons (Fsp3) is 0.214. The zero-order valence-electron chi connectivity index (χ0n) is 9.99. The lowest BCUT2D eigenvalue weighted by Gasteiger charge is -2.08. The highest BCUT2D eigenvalue weighted by atomic mass is 32.1. The third-order valence-electron chi connectivity index (χ3n) is 2.72. The standard InChI is InChI=1S/C14H15NOS/c1-10-3-4-12(11(2)7-10)8-15-14(16)13-5-6-17-9-13/h3-7,9H,8H2,1-2H3,(H,15,16). The Kier molecular flexibility index (Phi) is 3.59. The van der Waals surface area contributed by atoms with E-state index in [-0.39, 0.29) is 5.91 Å². The number of hydrogen-bond acceptors (Lipinski definition) is 2. The maximum absolute atomic E-state index is 11.8. The van der Waals surface area contributed by atoms with Crippen LogP contribution in [0.2, 0.25) is 0 Å². The summed E-state index contributed by atoms with van der Waals surface area (Å²) in [6.45, 7) is 4.72. The summed E-state index contributed by atoms with van der Waals surface area (Å²) >= 11 is 1.53. The lowest BCUT2D eigenvalue weighted by molar-refractivity contribution is 0.0951. The largest absolute Gasteiger partial charge is 0.348 e. The Morgan fingerprint density at radius 1 is 1.29 bits per heavy atom. The Bertz CT molecular complexity index is 517. The van der Waals surface area contributed by atoms with E-state index in [4.69, 9.17) is 0 Å². The average Bonchev–Trinajstić information content (AvgIpc) is 2.81. The predicted octanol–water partition coefficient (Wildman–Crippen LogP) is 3.29. The molecule has 1 amide bonds. The molecule has 1 aromatic heterocycles. The number of carbonyl (C=O) groups is 1. The van der Waals surface area contributed by atoms with Crippen LogP contribution in [0.25, 0.3) is 0 Å². The van der Waals surface area contributed by atoms with Crippen LogP contribution in [0.5, 0.6) is 0 Å². The highest BCUT2D eigenvalue weighted by molar-refractivity contribution is 7.08. The van der Waals surface area contributed by atoms with Crippen molar-refractivity contribution in [3.05, 3.63) is 57.3 Å². The van der Waals surface area contributed by atoms with Gasteiger partial charge in [0, 0.05) is 17.5 Å². The number of carbonyl (C=O) groups excluding carboxylic acids is 1. The van der Waals surface area contributed by atoms with Gasteiger partial charge < -0.3 is 5.32 Å². The van der Waals surface area contributed by atoms with E-state index in [1.807, 2.05) is 16.8 Å². The minimum atomic E-state index is -0.00812. The van der Waals surface area contributed by atoms with E-state index in [1.165, 1.54) is 28.0 Å². The molecule has 0 saturated carbocycles. The molecular formula is C14H15NOS. The molecule has 3 heteroatoms. The molecule has 88 valence electrons. The van der Waals surface area contributed by atoms with Crippen molar-refractivity contribution in [2.45, 2.75) is 20.4 Å². The molecule has 1 N–H and O–H groups in total. The first-order valence-electron chi connectivity index (χ1n) is 5.53. The van der Waals surface area contributed by atoms with Crippen molar-refractivity contribution >= 4 is 17.2 Å². The smallest absolute Gasteiger partial charge is 0.252 e. The number of nitrogens with one attached hydrogen (secondary N) is 1. The van der Waals surface area contributed by atoms with E-state index in [9.17, 15) is 4.79 Å². The number of rotatable bonds is 3. The van der Waals surface area contributed by atoms with Gasteiger partial charge in [0.15, 0.2) is 0 Å². The van der Waals surface area contributed by atoms with Crippen LogP contribution in [0.15, 0.2) is 35.0 Å². The normalized spacial score (nSPS) is 10.2. The number of hydrogen-bond donors (Lipinski definition) is 1. The van der Waals surface area contributed by atoms with Gasteiger partial charge in [0.05, 0.1) is 0 Å². The summed E-state index contributed by atoms with van der Waals surface area (Å²) in [6, 6.07) is 8.10. The Labute approximate surface area is 105 Å². The topological polar surface area (TPSA) is 29.1 Å². The number of amides is 1. The second-order valence-electron chi connectivity index (χ2n) is 4.12. The van der Waals surface area contributed by atoms with Gasteiger partial charge in [-0.05, 0) is 36.4 Å². The monoisotopic (exact) mass is 245 g/mol. The van der Waals surface area contributed by atoms with Gasteiger partial charge in [0.2, 0.25) is 0 Å². The second kappa shape index (κ2) is 5.15. The average molecular weight is 245 g/mol. The van der Waals surface area contributed by atoms with Crippen molar-refractivity contribution in [2.24, 2.45) is 0 Å². The zero-order chi connectivity index (χ0) is 12.3. The van der Waals surface area contributed by atoms with Crippen LogP contribution in [0.3, 0.4) is 0 Å². The molecule has 0 spiro atoms. The molecule has 0 aliphatic carbocycles. The maximum atomic E-state index is 11.8. The molecule has 0 bridgehead atoms. The van der Waals surface area contributed by atoms with Gasteiger partial charge in [-0.25, -0.2) is 0 Å². The molecule has 1 heterocycles. The molecule has 2 nitrogen and oxygen atoms in total. The van der Waals surface area contributed by atoms with Crippen LogP contribution in [0.4, 0.5) is 0 Å². The van der Waals surface area contributed by atoms with E-state index in [2.05, 4.69) is 37.4 Å². The zero-order valence-corrected chi connectivity index (χ0v) is 10.8. The minimum Gasteiger partial charge on any atom is -0.348 e. The summed E-state index contributed by atoms with van der Waals surface area (Å²) in [5, 5.41) is 6.70. The van der Waals surface area contributed by atoms with E-state index >= 15 is 0 Å². The van der Waals surface area contributed by atoms with E-state index < -0.39 is 0 Å². The summed E-state index contributed by atoms with van der Waals surface area (Å²) in [4.78, 5) is 11.8. The van der Waals surface area contributed by atoms with Crippen molar-refractivity contribution < 1.29 is 4.79 Å². The van der Waals surface area contributed by atoms with Crippen LogP contribution >= 0.6 is 11.3 Å². The Balaban J connectivity index is 2.01. The first kappa shape index (κ1) is 11.9. The third-order valence-corrected chi connectivity index (χ3v) is 3.40. The highest BCUT2D eigenvalue weighted by Crippen LogP contribution is 2.11. The van der Waals surface area contributed by atoms with E-state index in [1.54, 1.807) is 0 Å². The fourth-order valence-corrected chi connectivity index (χ4v) is 2.35. The second-order valence-corrected chi connectivity index (χ2v) is 4.90. The number of aryl methyl sites for hydroxylation is 2. The van der Waals surface area contributed by atoms with Gasteiger partial charge in [0.25, 0.3) is 5.91 Å². The lowest BCUT2D eigenvalue weighted by Crippen LogP contribution is -2.22. The van der Waals surface area contributed by atoms with Crippen molar-refractivity contribution in [1.29, 1.82) is 0 Å². The first-order chi connectivity index (χ1) is 8.16. The molecule has 0 unspecified atom stereocenters. The van der Waals surface area contributed by atoms with Gasteiger partial charge in [-0.1, -0.05) is 23.8 Å². The summed E-state index contributed by atoms with van der Waals surface area (Å²) in [5.74, 6) is -0.00812. The minimum absolute atomic E-state index is 0.00812. The van der Waals surface area contributed by atoms with Gasteiger partial charge in [-0.15, -0.1) is 0 Å². The predicted molar refractivity (Wildman–Crippen MR) is 71.4 cm³/mol. The van der Waals surface area contributed by atoms with Crippen molar-refractivity contribution in [3.8, 4) is 0 Å². The fourth-order valence-electron chi connectivity index (χ4n) is 1.72. The number of thiophene rings is 1. The molecular weight excluding hydrogens is 230 g/mol. The third kappa shape index (κ3) is 2.94. The molecule has 0 fully saturated rings. The Hall–Kier alpha value is -1.61. The summed E-state index contributed by atoms with van der Waals surface area (Å²) in [7, 11) is 0. The molecule has 17 heavy (non-hydrogen) atoms. The molecule has 0 atom stereocenters. The van der Waals surface area contributed by atoms with Gasteiger partial charge in [-0.2, -0.15) is 11.3 Å². The SMILES string of the molecule is Cc1ccc(CNC(=O)c2ccsc2)c(C)c1. The van der Waals surface area contributed by atoms with Crippen molar-refractivity contribution in [3.63, 3.8) is 0 Å². The molecule has 1 aromatic carbocycles. The maximum Gasteiger partial charge on any atom is 0.252 e. The van der Waals surface area contributed by atoms with E-state index in [0.717, 1.165) is 5.56 Å². The summed E-state index contributed by atoms with van der Waals surface area (Å²) in [6.07, 6.45) is 0. The summed E-state index contributed by atoms with van der Waals surface area (Å²) < 4.78 is 0. The summed E-state index contributed by atoms with van der Waals surface area (Å²) in [5.41, 5.74) is 4.37. The van der Waals surface area contributed by atoms with Gasteiger partial charge in [0.1, 0.15) is 0 Å². The Morgan fingerprint density at radius 3 is 2.76 bits per heavy atom. The molecule has 2 aromatic rings. The molecule has 2 rings (SSSR count). The molecule has 0 aliphatic rings.